The average Bonchev–Trinajstić information content (AvgIpc) is 3.41. The Bertz CT molecular complexity index is 1600. The molecule has 1 amide bonds. The van der Waals surface area contributed by atoms with Gasteiger partial charge in [0.2, 0.25) is 0 Å². The number of hydrazone groups is 1. The summed E-state index contributed by atoms with van der Waals surface area (Å²) in [4.78, 5) is 25.5. The van der Waals surface area contributed by atoms with Crippen LogP contribution in [-0.4, -0.2) is 21.7 Å². The van der Waals surface area contributed by atoms with E-state index in [2.05, 4.69) is 5.10 Å². The molecule has 8 heteroatoms. The van der Waals surface area contributed by atoms with Gasteiger partial charge in [0.1, 0.15) is 34.4 Å². The van der Waals surface area contributed by atoms with E-state index < -0.39 is 17.1 Å². The van der Waals surface area contributed by atoms with Crippen LogP contribution < -0.4 is 4.74 Å². The molecule has 1 aliphatic rings. The lowest BCUT2D eigenvalue weighted by atomic mass is 10.1. The number of amides is 1. The van der Waals surface area contributed by atoms with Crippen LogP contribution in [0.15, 0.2) is 96.1 Å². The topological polar surface area (TPSA) is 59.0 Å². The number of hydrogen-bond acceptors (Lipinski definition) is 5. The lowest BCUT2D eigenvalue weighted by molar-refractivity contribution is 0.0746. The number of halogens is 2. The SMILES string of the molecule is CCc1ccc(C(=O)N2N=C(c3ccc(F)cc3)SC2c2ccccc2OCc2cccc(C(C)=O)c2)cc1F. The summed E-state index contributed by atoms with van der Waals surface area (Å²) in [6, 6.07) is 24.9. The zero-order valence-electron chi connectivity index (χ0n) is 21.9. The van der Waals surface area contributed by atoms with Gasteiger partial charge in [0.05, 0.1) is 0 Å². The largest absolute Gasteiger partial charge is 0.489 e. The van der Waals surface area contributed by atoms with E-state index in [4.69, 9.17) is 4.74 Å². The minimum atomic E-state index is -0.624. The van der Waals surface area contributed by atoms with E-state index >= 15 is 0 Å². The quantitative estimate of drug-likeness (QED) is 0.210. The van der Waals surface area contributed by atoms with Gasteiger partial charge in [-0.1, -0.05) is 61.2 Å². The molecular formula is C32H26F2N2O3S. The molecule has 202 valence electrons. The highest BCUT2D eigenvalue weighted by Crippen LogP contribution is 2.45. The summed E-state index contributed by atoms with van der Waals surface area (Å²) in [5, 5.41) is 5.83. The van der Waals surface area contributed by atoms with Crippen LogP contribution in [0, 0.1) is 11.6 Å². The van der Waals surface area contributed by atoms with E-state index in [1.54, 1.807) is 48.5 Å². The van der Waals surface area contributed by atoms with E-state index in [9.17, 15) is 18.4 Å². The number of thioether (sulfide) groups is 1. The number of benzene rings is 4. The third-order valence-corrected chi connectivity index (χ3v) is 7.75. The number of para-hydroxylation sites is 1. The van der Waals surface area contributed by atoms with Gasteiger partial charge in [0.15, 0.2) is 5.78 Å². The summed E-state index contributed by atoms with van der Waals surface area (Å²) in [6.45, 7) is 3.57. The molecule has 40 heavy (non-hydrogen) atoms. The second-order valence-electron chi connectivity index (χ2n) is 9.27. The molecule has 0 bridgehead atoms. The van der Waals surface area contributed by atoms with Crippen molar-refractivity contribution < 1.29 is 23.1 Å². The zero-order chi connectivity index (χ0) is 28.2. The highest BCUT2D eigenvalue weighted by Gasteiger charge is 2.36. The molecule has 1 unspecified atom stereocenters. The summed E-state index contributed by atoms with van der Waals surface area (Å²) in [5.41, 5.74) is 3.45. The maximum absolute atomic E-state index is 14.6. The van der Waals surface area contributed by atoms with Gasteiger partial charge in [0, 0.05) is 22.3 Å². The normalized spacial score (nSPS) is 14.7. The number of Topliss-reactive ketones (excluding diaryl/α,β-unsaturated/α-hetero) is 1. The van der Waals surface area contributed by atoms with E-state index in [1.807, 2.05) is 31.2 Å². The molecule has 0 saturated carbocycles. The molecular weight excluding hydrogens is 530 g/mol. The molecule has 5 nitrogen and oxygen atoms in total. The first-order valence-electron chi connectivity index (χ1n) is 12.8. The lowest BCUT2D eigenvalue weighted by Crippen LogP contribution is -2.26. The number of rotatable bonds is 8. The summed E-state index contributed by atoms with van der Waals surface area (Å²) >= 11 is 1.32. The zero-order valence-corrected chi connectivity index (χ0v) is 22.8. The van der Waals surface area contributed by atoms with Gasteiger partial charge in [-0.05, 0) is 73.0 Å². The summed E-state index contributed by atoms with van der Waals surface area (Å²) in [6.07, 6.45) is 0.509. The first kappa shape index (κ1) is 27.3. The third-order valence-electron chi connectivity index (χ3n) is 6.54. The molecule has 0 aromatic heterocycles. The molecule has 4 aromatic carbocycles. The van der Waals surface area contributed by atoms with Crippen LogP contribution in [-0.2, 0) is 13.0 Å². The van der Waals surface area contributed by atoms with Crippen LogP contribution in [0.4, 0.5) is 8.78 Å². The van der Waals surface area contributed by atoms with E-state index in [0.717, 1.165) is 5.56 Å². The maximum atomic E-state index is 14.6. The van der Waals surface area contributed by atoms with Crippen molar-refractivity contribution in [3.8, 4) is 5.75 Å². The minimum absolute atomic E-state index is 0.0346. The predicted molar refractivity (Wildman–Crippen MR) is 152 cm³/mol. The smallest absolute Gasteiger partial charge is 0.275 e. The van der Waals surface area contributed by atoms with Crippen LogP contribution in [0.1, 0.15) is 62.2 Å². The minimum Gasteiger partial charge on any atom is -0.489 e. The Balaban J connectivity index is 1.49. The van der Waals surface area contributed by atoms with Crippen LogP contribution >= 0.6 is 11.8 Å². The first-order chi connectivity index (χ1) is 19.3. The summed E-state index contributed by atoms with van der Waals surface area (Å²) in [5.74, 6) is -0.797. The fourth-order valence-corrected chi connectivity index (χ4v) is 5.53. The van der Waals surface area contributed by atoms with Crippen molar-refractivity contribution >= 4 is 28.5 Å². The Hall–Kier alpha value is -4.30. The molecule has 0 radical (unpaired) electrons. The van der Waals surface area contributed by atoms with Gasteiger partial charge in [0.25, 0.3) is 5.91 Å². The van der Waals surface area contributed by atoms with Crippen molar-refractivity contribution in [3.63, 3.8) is 0 Å². The maximum Gasteiger partial charge on any atom is 0.275 e. The summed E-state index contributed by atoms with van der Waals surface area (Å²) < 4.78 is 34.4. The number of ether oxygens (including phenoxy) is 1. The predicted octanol–water partition coefficient (Wildman–Crippen LogP) is 7.56. The lowest BCUT2D eigenvalue weighted by Gasteiger charge is -2.23. The number of hydrogen-bond donors (Lipinski definition) is 0. The molecule has 1 aliphatic heterocycles. The Morgan fingerprint density at radius 3 is 2.42 bits per heavy atom. The van der Waals surface area contributed by atoms with Crippen molar-refractivity contribution in [1.82, 2.24) is 5.01 Å². The molecule has 5 rings (SSSR count). The van der Waals surface area contributed by atoms with Crippen molar-refractivity contribution in [3.05, 3.63) is 136 Å². The van der Waals surface area contributed by atoms with E-state index in [0.29, 0.717) is 39.5 Å². The molecule has 4 aromatic rings. The second-order valence-corrected chi connectivity index (χ2v) is 10.3. The standard InChI is InChI=1S/C32H26F2N2O3S/c1-3-22-11-12-25(18-28(22)34)31(38)36-32(40-30(35-36)23-13-15-26(33)16-14-23)27-9-4-5-10-29(27)39-19-21-7-6-8-24(17-21)20(2)37/h4-18,32H,3,19H2,1-2H3. The fraction of sp³-hybridized carbons (Fsp3) is 0.156. The number of nitrogens with zero attached hydrogens (tertiary/aromatic N) is 2. The Labute approximate surface area is 235 Å². The summed E-state index contributed by atoms with van der Waals surface area (Å²) in [7, 11) is 0. The highest BCUT2D eigenvalue weighted by molar-refractivity contribution is 8.14. The number of carbonyl (C=O) groups is 2. The van der Waals surface area contributed by atoms with Crippen LogP contribution in [0.25, 0.3) is 0 Å². The van der Waals surface area contributed by atoms with Crippen LogP contribution in [0.3, 0.4) is 0 Å². The third kappa shape index (κ3) is 5.82. The molecule has 1 atom stereocenters. The molecule has 0 fully saturated rings. The van der Waals surface area contributed by atoms with Crippen molar-refractivity contribution in [1.29, 1.82) is 0 Å². The Morgan fingerprint density at radius 1 is 0.925 bits per heavy atom. The fourth-order valence-electron chi connectivity index (χ4n) is 4.35. The van der Waals surface area contributed by atoms with Crippen LogP contribution in [0.2, 0.25) is 0 Å². The Kier molecular flexibility index (Phi) is 8.07. The van der Waals surface area contributed by atoms with Gasteiger partial charge < -0.3 is 4.74 Å². The van der Waals surface area contributed by atoms with Gasteiger partial charge in [-0.2, -0.15) is 5.10 Å². The van der Waals surface area contributed by atoms with Crippen molar-refractivity contribution in [2.45, 2.75) is 32.2 Å². The van der Waals surface area contributed by atoms with Crippen molar-refractivity contribution in [2.24, 2.45) is 5.10 Å². The second kappa shape index (κ2) is 11.8. The monoisotopic (exact) mass is 556 g/mol. The van der Waals surface area contributed by atoms with E-state index in [-0.39, 0.29) is 23.8 Å². The van der Waals surface area contributed by atoms with E-state index in [1.165, 1.54) is 41.9 Å². The molecule has 0 spiro atoms. The van der Waals surface area contributed by atoms with Crippen LogP contribution in [0.5, 0.6) is 5.75 Å². The van der Waals surface area contributed by atoms with Gasteiger partial charge in [-0.25, -0.2) is 13.8 Å². The number of aryl methyl sites for hydroxylation is 1. The first-order valence-corrected chi connectivity index (χ1v) is 13.7. The number of carbonyl (C=O) groups excluding carboxylic acids is 2. The molecule has 1 heterocycles. The Morgan fingerprint density at radius 2 is 1.70 bits per heavy atom. The molecule has 0 saturated heterocycles. The van der Waals surface area contributed by atoms with Crippen molar-refractivity contribution in [2.75, 3.05) is 0 Å². The number of ketones is 1. The average molecular weight is 557 g/mol. The van der Waals surface area contributed by atoms with Gasteiger partial charge in [-0.3, -0.25) is 9.59 Å². The molecule has 0 aliphatic carbocycles. The molecule has 0 N–H and O–H groups in total. The van der Waals surface area contributed by atoms with Gasteiger partial charge >= 0.3 is 0 Å². The highest BCUT2D eigenvalue weighted by atomic mass is 32.2. The van der Waals surface area contributed by atoms with Gasteiger partial charge in [-0.15, -0.1) is 0 Å².